The number of benzene rings is 5. The molecule has 228 valence electrons. The van der Waals surface area contributed by atoms with Crippen molar-refractivity contribution in [2.45, 2.75) is 25.2 Å². The first kappa shape index (κ1) is 28.2. The lowest BCUT2D eigenvalue weighted by atomic mass is 9.91. The smallest absolute Gasteiger partial charge is 0.0980 e. The highest BCUT2D eigenvalue weighted by Crippen LogP contribution is 2.52. The van der Waals surface area contributed by atoms with E-state index in [2.05, 4.69) is 186 Å². The predicted octanol–water partition coefficient (Wildman–Crippen LogP) is 12.2. The molecule has 0 spiro atoms. The third kappa shape index (κ3) is 4.93. The number of hydrogen-bond donors (Lipinski definition) is 0. The molecule has 1 unspecified atom stereocenters. The van der Waals surface area contributed by atoms with Crippen LogP contribution in [0.25, 0.3) is 33.0 Å². The van der Waals surface area contributed by atoms with Gasteiger partial charge in [0.2, 0.25) is 0 Å². The standard InChI is InChI=1S/C46H34N2/c1-4-12-33(13-5-1)35-20-26-39(27-21-35)47(40-28-22-36(23-29-40)34-14-6-2-7-15-34)41-30-24-37-25-31-43-42-18-10-11-19-45(42)48(46(43)44(37)32-41)38-16-8-3-9-17-38/h1-8,10-16,19-23,25-29,31-32,42H,9,17-18H2. The molecule has 1 aliphatic heterocycles. The van der Waals surface area contributed by atoms with Crippen molar-refractivity contribution in [3.63, 3.8) is 0 Å². The fraction of sp³-hybridized carbons (Fsp3) is 0.0870. The summed E-state index contributed by atoms with van der Waals surface area (Å²) in [5.41, 5.74) is 13.4. The van der Waals surface area contributed by atoms with Gasteiger partial charge < -0.3 is 9.80 Å². The molecule has 6 aromatic rings. The maximum absolute atomic E-state index is 3.59. The van der Waals surface area contributed by atoms with E-state index < -0.39 is 0 Å². The van der Waals surface area contributed by atoms with Gasteiger partial charge >= 0.3 is 0 Å². The Morgan fingerprint density at radius 2 is 1.23 bits per heavy atom. The summed E-state index contributed by atoms with van der Waals surface area (Å²) in [6.07, 6.45) is 16.7. The Morgan fingerprint density at radius 1 is 0.604 bits per heavy atom. The van der Waals surface area contributed by atoms with Gasteiger partial charge in [-0.25, -0.2) is 0 Å². The highest BCUT2D eigenvalue weighted by atomic mass is 15.2. The van der Waals surface area contributed by atoms with Gasteiger partial charge in [-0.05, 0) is 102 Å². The molecular formula is C46H34N2. The molecule has 2 aliphatic carbocycles. The zero-order valence-electron chi connectivity index (χ0n) is 26.7. The van der Waals surface area contributed by atoms with E-state index in [1.165, 1.54) is 50.3 Å². The van der Waals surface area contributed by atoms with Crippen LogP contribution in [0.3, 0.4) is 0 Å². The average Bonchev–Trinajstić information content (AvgIpc) is 3.52. The van der Waals surface area contributed by atoms with E-state index in [4.69, 9.17) is 0 Å². The van der Waals surface area contributed by atoms with Crippen LogP contribution in [0, 0.1) is 12.1 Å². The largest absolute Gasteiger partial charge is 0.316 e. The quantitative estimate of drug-likeness (QED) is 0.184. The van der Waals surface area contributed by atoms with Crippen molar-refractivity contribution in [2.24, 2.45) is 0 Å². The van der Waals surface area contributed by atoms with Gasteiger partial charge in [0, 0.05) is 39.5 Å². The Labute approximate surface area is 282 Å². The minimum absolute atomic E-state index is 0.362. The first-order valence-electron chi connectivity index (χ1n) is 16.9. The molecule has 0 saturated heterocycles. The third-order valence-electron chi connectivity index (χ3n) is 9.83. The van der Waals surface area contributed by atoms with Crippen LogP contribution in [0.15, 0.2) is 175 Å². The predicted molar refractivity (Wildman–Crippen MR) is 201 cm³/mol. The number of rotatable bonds is 6. The van der Waals surface area contributed by atoms with Crippen LogP contribution in [0.5, 0.6) is 0 Å². The van der Waals surface area contributed by atoms with Gasteiger partial charge in [-0.15, -0.1) is 0 Å². The van der Waals surface area contributed by atoms with Gasteiger partial charge in [-0.3, -0.25) is 0 Å². The molecule has 0 N–H and O–H groups in total. The van der Waals surface area contributed by atoms with E-state index in [1.54, 1.807) is 0 Å². The molecule has 6 aromatic carbocycles. The second kappa shape index (κ2) is 12.0. The highest BCUT2D eigenvalue weighted by molar-refractivity contribution is 6.01. The summed E-state index contributed by atoms with van der Waals surface area (Å²) < 4.78 is 0. The normalized spacial score (nSPS) is 16.2. The molecule has 1 heterocycles. The fourth-order valence-electron chi connectivity index (χ4n) is 7.48. The van der Waals surface area contributed by atoms with Crippen LogP contribution in [-0.4, -0.2) is 0 Å². The van der Waals surface area contributed by atoms with Crippen LogP contribution < -0.4 is 9.80 Å². The van der Waals surface area contributed by atoms with Crippen molar-refractivity contribution in [2.75, 3.05) is 9.80 Å². The second-order valence-electron chi connectivity index (χ2n) is 12.7. The molecule has 0 radical (unpaired) electrons. The van der Waals surface area contributed by atoms with Crippen molar-refractivity contribution >= 4 is 33.5 Å². The lowest BCUT2D eigenvalue weighted by molar-refractivity contribution is 0.796. The van der Waals surface area contributed by atoms with Crippen molar-refractivity contribution < 1.29 is 0 Å². The maximum Gasteiger partial charge on any atom is 0.0980 e. The first-order valence-corrected chi connectivity index (χ1v) is 16.9. The summed E-state index contributed by atoms with van der Waals surface area (Å²) in [6.45, 7) is 0. The second-order valence-corrected chi connectivity index (χ2v) is 12.7. The van der Waals surface area contributed by atoms with Gasteiger partial charge in [-0.1, -0.05) is 121 Å². The molecule has 48 heavy (non-hydrogen) atoms. The summed E-state index contributed by atoms with van der Waals surface area (Å²) in [7, 11) is 0. The zero-order chi connectivity index (χ0) is 31.9. The lowest BCUT2D eigenvalue weighted by Gasteiger charge is -2.29. The molecule has 2 nitrogen and oxygen atoms in total. The van der Waals surface area contributed by atoms with Crippen LogP contribution in [-0.2, 0) is 0 Å². The van der Waals surface area contributed by atoms with Gasteiger partial charge in [0.15, 0.2) is 0 Å². The van der Waals surface area contributed by atoms with Gasteiger partial charge in [-0.2, -0.15) is 0 Å². The van der Waals surface area contributed by atoms with E-state index in [0.29, 0.717) is 5.92 Å². The van der Waals surface area contributed by atoms with Crippen LogP contribution >= 0.6 is 0 Å². The van der Waals surface area contributed by atoms with E-state index in [9.17, 15) is 0 Å². The minimum Gasteiger partial charge on any atom is -0.316 e. The Bertz CT molecular complexity index is 2160. The molecule has 9 rings (SSSR count). The molecule has 0 saturated carbocycles. The third-order valence-corrected chi connectivity index (χ3v) is 9.83. The molecule has 3 aliphatic rings. The summed E-state index contributed by atoms with van der Waals surface area (Å²) in [4.78, 5) is 4.86. The van der Waals surface area contributed by atoms with E-state index in [-0.39, 0.29) is 0 Å². The molecule has 0 aromatic heterocycles. The Morgan fingerprint density at radius 3 is 1.85 bits per heavy atom. The molecule has 0 bridgehead atoms. The SMILES string of the molecule is c1c(N(c2ccc(-c3ccccc3)cc2)c2ccc(-c3ccccc3)cc2)cc2c3c(ccc2c#1)C1CC=CC=C1N3C1=CC=CCC1. The summed E-state index contributed by atoms with van der Waals surface area (Å²) in [6, 6.07) is 52.9. The van der Waals surface area contributed by atoms with Crippen LogP contribution in [0.1, 0.15) is 30.7 Å². The molecular weight excluding hydrogens is 581 g/mol. The molecule has 2 heteroatoms. The van der Waals surface area contributed by atoms with Gasteiger partial charge in [0.05, 0.1) is 11.4 Å². The first-order chi connectivity index (χ1) is 23.8. The number of anilines is 4. The Hall–Kier alpha value is -6.04. The molecule has 0 fully saturated rings. The highest BCUT2D eigenvalue weighted by Gasteiger charge is 2.37. The number of hydrogen-bond acceptors (Lipinski definition) is 2. The van der Waals surface area contributed by atoms with E-state index >= 15 is 0 Å². The van der Waals surface area contributed by atoms with Crippen LogP contribution in [0.2, 0.25) is 0 Å². The fourth-order valence-corrected chi connectivity index (χ4v) is 7.48. The summed E-state index contributed by atoms with van der Waals surface area (Å²) in [5.74, 6) is 0.362. The van der Waals surface area contributed by atoms with Gasteiger partial charge in [0.1, 0.15) is 0 Å². The molecule has 1 atom stereocenters. The lowest BCUT2D eigenvalue weighted by Crippen LogP contribution is -2.21. The van der Waals surface area contributed by atoms with E-state index in [0.717, 1.165) is 41.7 Å². The molecule has 0 amide bonds. The van der Waals surface area contributed by atoms with Crippen molar-refractivity contribution in [3.8, 4) is 22.3 Å². The number of allylic oxidation sites excluding steroid dienone is 8. The van der Waals surface area contributed by atoms with E-state index in [1.807, 2.05) is 0 Å². The number of fused-ring (bicyclic) bond motifs is 5. The average molecular weight is 615 g/mol. The maximum atomic E-state index is 3.59. The Kier molecular flexibility index (Phi) is 7.03. The topological polar surface area (TPSA) is 6.48 Å². The van der Waals surface area contributed by atoms with Crippen molar-refractivity contribution in [1.29, 1.82) is 0 Å². The van der Waals surface area contributed by atoms with Gasteiger partial charge in [0.25, 0.3) is 0 Å². The van der Waals surface area contributed by atoms with Crippen molar-refractivity contribution in [3.05, 3.63) is 193 Å². The monoisotopic (exact) mass is 614 g/mol. The minimum atomic E-state index is 0.362. The summed E-state index contributed by atoms with van der Waals surface area (Å²) >= 11 is 0. The Balaban J connectivity index is 1.20. The van der Waals surface area contributed by atoms with Crippen molar-refractivity contribution in [1.82, 2.24) is 0 Å². The number of nitrogens with zero attached hydrogens (tertiary/aromatic N) is 2. The van der Waals surface area contributed by atoms with Crippen LogP contribution in [0.4, 0.5) is 22.7 Å². The zero-order valence-corrected chi connectivity index (χ0v) is 26.7. The summed E-state index contributed by atoms with van der Waals surface area (Å²) in [5, 5.41) is 2.29.